The summed E-state index contributed by atoms with van der Waals surface area (Å²) in [6.45, 7) is 5.52. The largest absolute Gasteiger partial charge is 0.461 e. The molecular formula is C20H23NO2. The number of ether oxygens (including phenoxy) is 1. The highest BCUT2D eigenvalue weighted by atomic mass is 16.5. The van der Waals surface area contributed by atoms with E-state index in [1.54, 1.807) is 6.21 Å². The van der Waals surface area contributed by atoms with Crippen LogP contribution in [0.25, 0.3) is 0 Å². The van der Waals surface area contributed by atoms with E-state index >= 15 is 0 Å². The van der Waals surface area contributed by atoms with Gasteiger partial charge in [-0.25, -0.2) is 4.79 Å². The van der Waals surface area contributed by atoms with E-state index in [0.717, 1.165) is 11.1 Å². The molecule has 3 heteroatoms. The summed E-state index contributed by atoms with van der Waals surface area (Å²) in [7, 11) is 0. The lowest BCUT2D eigenvalue weighted by Crippen LogP contribution is -2.39. The minimum atomic E-state index is -0.943. The molecule has 23 heavy (non-hydrogen) atoms. The van der Waals surface area contributed by atoms with Crippen molar-refractivity contribution in [1.29, 1.82) is 0 Å². The Morgan fingerprint density at radius 1 is 1.09 bits per heavy atom. The van der Waals surface area contributed by atoms with E-state index < -0.39 is 5.54 Å². The van der Waals surface area contributed by atoms with Crippen molar-refractivity contribution in [3.05, 3.63) is 71.8 Å². The number of hydrogen-bond donors (Lipinski definition) is 0. The van der Waals surface area contributed by atoms with Gasteiger partial charge < -0.3 is 4.74 Å². The van der Waals surface area contributed by atoms with Crippen molar-refractivity contribution in [2.75, 3.05) is 0 Å². The third-order valence-electron chi connectivity index (χ3n) is 3.47. The molecule has 0 saturated heterocycles. The molecule has 0 N–H and O–H groups in total. The summed E-state index contributed by atoms with van der Waals surface area (Å²) in [5, 5.41) is 0. The van der Waals surface area contributed by atoms with Crippen molar-refractivity contribution in [2.45, 2.75) is 38.8 Å². The van der Waals surface area contributed by atoms with Crippen molar-refractivity contribution in [2.24, 2.45) is 4.99 Å². The van der Waals surface area contributed by atoms with E-state index in [1.165, 1.54) is 0 Å². The second-order valence-corrected chi connectivity index (χ2v) is 6.06. The van der Waals surface area contributed by atoms with Gasteiger partial charge in [0.05, 0.1) is 6.10 Å². The van der Waals surface area contributed by atoms with Crippen LogP contribution in [0.15, 0.2) is 65.7 Å². The molecule has 1 atom stereocenters. The van der Waals surface area contributed by atoms with Crippen LogP contribution in [-0.2, 0) is 16.0 Å². The number of benzene rings is 2. The Morgan fingerprint density at radius 3 is 2.22 bits per heavy atom. The highest BCUT2D eigenvalue weighted by molar-refractivity contribution is 5.87. The fourth-order valence-electron chi connectivity index (χ4n) is 2.26. The number of rotatable bonds is 6. The van der Waals surface area contributed by atoms with Crippen LogP contribution in [0.3, 0.4) is 0 Å². The van der Waals surface area contributed by atoms with Crippen LogP contribution in [0.5, 0.6) is 0 Å². The van der Waals surface area contributed by atoms with Gasteiger partial charge in [-0.1, -0.05) is 60.7 Å². The maximum atomic E-state index is 12.6. The second kappa shape index (κ2) is 7.73. The Morgan fingerprint density at radius 2 is 1.65 bits per heavy atom. The molecule has 0 aliphatic heterocycles. The molecule has 2 aromatic carbocycles. The van der Waals surface area contributed by atoms with E-state index in [4.69, 9.17) is 4.74 Å². The lowest BCUT2D eigenvalue weighted by atomic mass is 9.93. The van der Waals surface area contributed by atoms with Crippen molar-refractivity contribution in [3.63, 3.8) is 0 Å². The van der Waals surface area contributed by atoms with Gasteiger partial charge in [0, 0.05) is 12.6 Å². The Hall–Kier alpha value is -2.42. The molecule has 2 aromatic rings. The number of nitrogens with zero attached hydrogens (tertiary/aromatic N) is 1. The zero-order valence-corrected chi connectivity index (χ0v) is 13.9. The quantitative estimate of drug-likeness (QED) is 0.596. The fraction of sp³-hybridized carbons (Fsp3) is 0.300. The van der Waals surface area contributed by atoms with Gasteiger partial charge in [-0.2, -0.15) is 0 Å². The van der Waals surface area contributed by atoms with Crippen LogP contribution in [-0.4, -0.2) is 23.8 Å². The number of carbonyl (C=O) groups excluding carboxylic acids is 1. The van der Waals surface area contributed by atoms with Crippen molar-refractivity contribution in [3.8, 4) is 0 Å². The first kappa shape index (κ1) is 16.9. The maximum Gasteiger partial charge on any atom is 0.334 e. The van der Waals surface area contributed by atoms with E-state index in [9.17, 15) is 4.79 Å². The minimum Gasteiger partial charge on any atom is -0.461 e. The third-order valence-corrected chi connectivity index (χ3v) is 3.47. The van der Waals surface area contributed by atoms with Gasteiger partial charge in [0.25, 0.3) is 0 Å². The van der Waals surface area contributed by atoms with Gasteiger partial charge in [0.1, 0.15) is 0 Å². The average Bonchev–Trinajstić information content (AvgIpc) is 2.54. The van der Waals surface area contributed by atoms with Crippen LogP contribution < -0.4 is 0 Å². The topological polar surface area (TPSA) is 38.7 Å². The van der Waals surface area contributed by atoms with Gasteiger partial charge in [0.15, 0.2) is 5.54 Å². The Kier molecular flexibility index (Phi) is 5.69. The van der Waals surface area contributed by atoms with Gasteiger partial charge in [-0.3, -0.25) is 4.99 Å². The molecule has 0 spiro atoms. The molecule has 0 aliphatic carbocycles. The third kappa shape index (κ3) is 5.06. The van der Waals surface area contributed by atoms with Crippen LogP contribution in [0.2, 0.25) is 0 Å². The minimum absolute atomic E-state index is 0.162. The maximum absolute atomic E-state index is 12.6. The van der Waals surface area contributed by atoms with Crippen molar-refractivity contribution < 1.29 is 9.53 Å². The average molecular weight is 309 g/mol. The smallest absolute Gasteiger partial charge is 0.334 e. The monoisotopic (exact) mass is 309 g/mol. The molecular weight excluding hydrogens is 286 g/mol. The SMILES string of the molecule is CC(C)OC(=O)[C@@](C)(Cc1ccccc1)N=Cc1ccccc1. The second-order valence-electron chi connectivity index (χ2n) is 6.06. The zero-order chi connectivity index (χ0) is 16.7. The molecule has 0 radical (unpaired) electrons. The lowest BCUT2D eigenvalue weighted by Gasteiger charge is -2.24. The van der Waals surface area contributed by atoms with Crippen LogP contribution in [0.4, 0.5) is 0 Å². The van der Waals surface area contributed by atoms with Gasteiger partial charge >= 0.3 is 5.97 Å². The molecule has 0 unspecified atom stereocenters. The highest BCUT2D eigenvalue weighted by Crippen LogP contribution is 2.21. The zero-order valence-electron chi connectivity index (χ0n) is 13.9. The molecule has 0 amide bonds. The predicted octanol–water partition coefficient (Wildman–Crippen LogP) is 4.06. The molecule has 2 rings (SSSR count). The molecule has 0 bridgehead atoms. The Bertz CT molecular complexity index is 650. The van der Waals surface area contributed by atoms with Crippen LogP contribution in [0.1, 0.15) is 31.9 Å². The van der Waals surface area contributed by atoms with Crippen LogP contribution >= 0.6 is 0 Å². The van der Waals surface area contributed by atoms with Crippen molar-refractivity contribution in [1.82, 2.24) is 0 Å². The van der Waals surface area contributed by atoms with Gasteiger partial charge in [-0.15, -0.1) is 0 Å². The molecule has 0 fully saturated rings. The number of aliphatic imine (C=N–C) groups is 1. The van der Waals surface area contributed by atoms with Gasteiger partial charge in [0.2, 0.25) is 0 Å². The van der Waals surface area contributed by atoms with Gasteiger partial charge in [-0.05, 0) is 31.9 Å². The first-order valence-electron chi connectivity index (χ1n) is 7.85. The summed E-state index contributed by atoms with van der Waals surface area (Å²) < 4.78 is 5.42. The summed E-state index contributed by atoms with van der Waals surface area (Å²) in [5.41, 5.74) is 1.08. The summed E-state index contributed by atoms with van der Waals surface area (Å²) in [6, 6.07) is 19.6. The van der Waals surface area contributed by atoms with E-state index in [1.807, 2.05) is 81.4 Å². The first-order chi connectivity index (χ1) is 11.0. The molecule has 0 aliphatic rings. The van der Waals surface area contributed by atoms with E-state index in [2.05, 4.69) is 4.99 Å². The first-order valence-corrected chi connectivity index (χ1v) is 7.85. The normalized spacial score (nSPS) is 13.9. The van der Waals surface area contributed by atoms with E-state index in [-0.39, 0.29) is 12.1 Å². The Labute approximate surface area is 138 Å². The summed E-state index contributed by atoms with van der Waals surface area (Å²) >= 11 is 0. The molecule has 3 nitrogen and oxygen atoms in total. The van der Waals surface area contributed by atoms with Crippen molar-refractivity contribution >= 4 is 12.2 Å². The summed E-state index contributed by atoms with van der Waals surface area (Å²) in [4.78, 5) is 17.1. The van der Waals surface area contributed by atoms with E-state index in [0.29, 0.717) is 6.42 Å². The molecule has 0 aromatic heterocycles. The highest BCUT2D eigenvalue weighted by Gasteiger charge is 2.34. The standard InChI is InChI=1S/C20H23NO2/c1-16(2)23-19(22)20(3,14-17-10-6-4-7-11-17)21-15-18-12-8-5-9-13-18/h4-13,15-16H,14H2,1-3H3/t20-/m1/s1. The Balaban J connectivity index is 2.26. The number of esters is 1. The van der Waals surface area contributed by atoms with Crippen LogP contribution in [0, 0.1) is 0 Å². The predicted molar refractivity (Wildman–Crippen MR) is 93.8 cm³/mol. The lowest BCUT2D eigenvalue weighted by molar-refractivity contribution is -0.153. The number of hydrogen-bond acceptors (Lipinski definition) is 3. The number of carbonyl (C=O) groups is 1. The summed E-state index contributed by atoms with van der Waals surface area (Å²) in [6.07, 6.45) is 2.08. The molecule has 120 valence electrons. The fourth-order valence-corrected chi connectivity index (χ4v) is 2.26. The summed E-state index contributed by atoms with van der Waals surface area (Å²) in [5.74, 6) is -0.302. The molecule has 0 heterocycles. The molecule has 0 saturated carbocycles.